The van der Waals surface area contributed by atoms with Gasteiger partial charge in [0.25, 0.3) is 11.8 Å². The molecule has 4 bridgehead atoms. The number of hydrogen-bond donors (Lipinski definition) is 0. The van der Waals surface area contributed by atoms with Crippen LogP contribution in [0.4, 0.5) is 0 Å². The first-order valence-electron chi connectivity index (χ1n) is 13.6. The first-order valence-corrected chi connectivity index (χ1v) is 13.6. The number of hydrogen-bond acceptors (Lipinski definition) is 5. The minimum absolute atomic E-state index is 0.0110. The Morgan fingerprint density at radius 2 is 1.94 bits per heavy atom. The van der Waals surface area contributed by atoms with E-state index in [0.29, 0.717) is 5.56 Å². The van der Waals surface area contributed by atoms with Gasteiger partial charge in [-0.15, -0.1) is 0 Å². The van der Waals surface area contributed by atoms with E-state index in [1.165, 1.54) is 24.0 Å². The Morgan fingerprint density at radius 3 is 2.72 bits per heavy atom. The molecule has 3 aliphatic carbocycles. The lowest BCUT2D eigenvalue weighted by molar-refractivity contribution is -0.179. The van der Waals surface area contributed by atoms with Gasteiger partial charge in [-0.2, -0.15) is 0 Å². The van der Waals surface area contributed by atoms with E-state index in [1.807, 2.05) is 30.3 Å². The van der Waals surface area contributed by atoms with Crippen molar-refractivity contribution in [1.82, 2.24) is 9.80 Å². The fourth-order valence-corrected chi connectivity index (χ4v) is 8.93. The standard InChI is InChI=1S/C30H32N2O4/c1-35-21-10-9-20-15-24-30-12-11-23-25(29(30,22(20)16-21)13-14-31(24)17-18-7-8-18)26(36-30)28(34)32(23)27(33)19-5-3-2-4-6-19/h2-6,9-10,16,18,23-26H,7-8,11-15,17H2,1H3/t23?,24?,25?,26-,29?,30?/m0/s1. The highest BCUT2D eigenvalue weighted by molar-refractivity contribution is 6.08. The number of carbonyl (C=O) groups is 2. The summed E-state index contributed by atoms with van der Waals surface area (Å²) in [7, 11) is 1.72. The van der Waals surface area contributed by atoms with Crippen molar-refractivity contribution in [2.45, 2.75) is 67.7 Å². The van der Waals surface area contributed by atoms with Crippen LogP contribution in [0.15, 0.2) is 48.5 Å². The van der Waals surface area contributed by atoms with E-state index in [0.717, 1.165) is 50.4 Å². The quantitative estimate of drug-likeness (QED) is 0.621. The van der Waals surface area contributed by atoms with Crippen molar-refractivity contribution in [3.63, 3.8) is 0 Å². The minimum atomic E-state index is -0.550. The van der Waals surface area contributed by atoms with Crippen LogP contribution in [0.1, 0.15) is 53.6 Å². The Labute approximate surface area is 211 Å². The number of benzene rings is 2. The smallest absolute Gasteiger partial charge is 0.260 e. The largest absolute Gasteiger partial charge is 0.497 e. The first kappa shape index (κ1) is 21.4. The number of methoxy groups -OCH3 is 1. The molecule has 2 aromatic rings. The molecule has 6 nitrogen and oxygen atoms in total. The van der Waals surface area contributed by atoms with E-state index < -0.39 is 6.10 Å². The summed E-state index contributed by atoms with van der Waals surface area (Å²) in [5.41, 5.74) is 2.60. The van der Waals surface area contributed by atoms with Gasteiger partial charge in [0.15, 0.2) is 0 Å². The summed E-state index contributed by atoms with van der Waals surface area (Å²) in [5, 5.41) is 0. The van der Waals surface area contributed by atoms with Crippen LogP contribution in [0.25, 0.3) is 0 Å². The number of fused-ring (bicyclic) bond motifs is 1. The molecule has 2 amide bonds. The maximum atomic E-state index is 14.0. The lowest BCUT2D eigenvalue weighted by atomic mass is 9.46. The fraction of sp³-hybridized carbons (Fsp3) is 0.533. The molecule has 36 heavy (non-hydrogen) atoms. The molecule has 5 unspecified atom stereocenters. The summed E-state index contributed by atoms with van der Waals surface area (Å²) >= 11 is 0. The number of piperidine rings is 1. The van der Waals surface area contributed by atoms with Crippen molar-refractivity contribution in [2.24, 2.45) is 11.8 Å². The highest BCUT2D eigenvalue weighted by atomic mass is 16.5. The Kier molecular flexibility index (Phi) is 4.28. The van der Waals surface area contributed by atoms with Gasteiger partial charge in [0.05, 0.1) is 12.7 Å². The molecular formula is C30H32N2O4. The maximum Gasteiger partial charge on any atom is 0.260 e. The second kappa shape index (κ2) is 7.20. The van der Waals surface area contributed by atoms with Gasteiger partial charge in [-0.05, 0) is 86.4 Å². The van der Waals surface area contributed by atoms with Crippen LogP contribution < -0.4 is 4.74 Å². The topological polar surface area (TPSA) is 59.1 Å². The second-order valence-electron chi connectivity index (χ2n) is 11.8. The Hall–Kier alpha value is -2.70. The number of ether oxygens (including phenoxy) is 2. The summed E-state index contributed by atoms with van der Waals surface area (Å²) < 4.78 is 12.8. The maximum absolute atomic E-state index is 14.0. The molecule has 0 N–H and O–H groups in total. The molecule has 186 valence electrons. The Balaban J connectivity index is 1.28. The lowest BCUT2D eigenvalue weighted by Crippen LogP contribution is -2.74. The van der Waals surface area contributed by atoms with Crippen molar-refractivity contribution in [3.05, 3.63) is 65.2 Å². The third kappa shape index (κ3) is 2.50. The van der Waals surface area contributed by atoms with Crippen molar-refractivity contribution < 1.29 is 19.1 Å². The van der Waals surface area contributed by atoms with Gasteiger partial charge >= 0.3 is 0 Å². The van der Waals surface area contributed by atoms with Gasteiger partial charge in [0.2, 0.25) is 0 Å². The molecule has 8 rings (SSSR count). The molecule has 2 saturated carbocycles. The zero-order valence-electron chi connectivity index (χ0n) is 20.7. The molecule has 6 heteroatoms. The highest BCUT2D eigenvalue weighted by Gasteiger charge is 2.80. The highest BCUT2D eigenvalue weighted by Crippen LogP contribution is 2.70. The number of likely N-dealkylation sites (tertiary alicyclic amines) is 2. The van der Waals surface area contributed by atoms with Gasteiger partial charge < -0.3 is 9.47 Å². The van der Waals surface area contributed by atoms with Crippen LogP contribution in [0.3, 0.4) is 0 Å². The van der Waals surface area contributed by atoms with E-state index >= 15 is 0 Å². The Morgan fingerprint density at radius 1 is 1.11 bits per heavy atom. The average Bonchev–Trinajstić information content (AvgIpc) is 3.64. The molecule has 5 fully saturated rings. The van der Waals surface area contributed by atoms with E-state index in [1.54, 1.807) is 12.0 Å². The summed E-state index contributed by atoms with van der Waals surface area (Å²) in [6.07, 6.45) is 5.74. The van der Waals surface area contributed by atoms with Crippen LogP contribution in [0, 0.1) is 11.8 Å². The third-order valence-electron chi connectivity index (χ3n) is 10.4. The van der Waals surface area contributed by atoms with E-state index in [-0.39, 0.29) is 40.8 Å². The third-order valence-corrected chi connectivity index (χ3v) is 10.4. The lowest BCUT2D eigenvalue weighted by Gasteiger charge is -2.64. The Bertz CT molecular complexity index is 1270. The summed E-state index contributed by atoms with van der Waals surface area (Å²) in [6, 6.07) is 15.9. The number of amides is 2. The van der Waals surface area contributed by atoms with Crippen molar-refractivity contribution in [3.8, 4) is 5.75 Å². The summed E-state index contributed by atoms with van der Waals surface area (Å²) in [6.45, 7) is 2.17. The van der Waals surface area contributed by atoms with Crippen molar-refractivity contribution in [2.75, 3.05) is 20.2 Å². The van der Waals surface area contributed by atoms with E-state index in [4.69, 9.17) is 9.47 Å². The predicted molar refractivity (Wildman–Crippen MR) is 133 cm³/mol. The summed E-state index contributed by atoms with van der Waals surface area (Å²) in [4.78, 5) is 31.9. The van der Waals surface area contributed by atoms with Gasteiger partial charge in [0, 0.05) is 35.5 Å². The molecule has 2 aromatic carbocycles. The zero-order chi connectivity index (χ0) is 24.2. The van der Waals surface area contributed by atoms with Crippen LogP contribution in [0.2, 0.25) is 0 Å². The molecule has 3 aliphatic heterocycles. The molecule has 0 radical (unpaired) electrons. The molecule has 6 aliphatic rings. The number of rotatable bonds is 4. The predicted octanol–water partition coefficient (Wildman–Crippen LogP) is 3.57. The molecule has 6 atom stereocenters. The van der Waals surface area contributed by atoms with Crippen molar-refractivity contribution >= 4 is 11.8 Å². The number of imide groups is 1. The molecule has 0 spiro atoms. The van der Waals surface area contributed by atoms with Crippen molar-refractivity contribution in [1.29, 1.82) is 0 Å². The van der Waals surface area contributed by atoms with E-state index in [9.17, 15) is 9.59 Å². The monoisotopic (exact) mass is 484 g/mol. The molecule has 0 aromatic heterocycles. The fourth-order valence-electron chi connectivity index (χ4n) is 8.93. The average molecular weight is 485 g/mol. The second-order valence-corrected chi connectivity index (χ2v) is 11.8. The molecule has 3 saturated heterocycles. The minimum Gasteiger partial charge on any atom is -0.497 e. The van der Waals surface area contributed by atoms with Gasteiger partial charge in [-0.25, -0.2) is 0 Å². The number of carbonyl (C=O) groups excluding carboxylic acids is 2. The van der Waals surface area contributed by atoms with Crippen LogP contribution >= 0.6 is 0 Å². The zero-order valence-corrected chi connectivity index (χ0v) is 20.7. The van der Waals surface area contributed by atoms with Crippen LogP contribution in [0.5, 0.6) is 5.75 Å². The van der Waals surface area contributed by atoms with Gasteiger partial charge in [0.1, 0.15) is 11.9 Å². The van der Waals surface area contributed by atoms with Crippen LogP contribution in [-0.2, 0) is 21.4 Å². The number of nitrogens with zero attached hydrogens (tertiary/aromatic N) is 2. The molecular weight excluding hydrogens is 452 g/mol. The first-order chi connectivity index (χ1) is 17.6. The summed E-state index contributed by atoms with van der Waals surface area (Å²) in [5.74, 6) is 1.34. The van der Waals surface area contributed by atoms with Gasteiger partial charge in [-0.3, -0.25) is 19.4 Å². The van der Waals surface area contributed by atoms with Gasteiger partial charge in [-0.1, -0.05) is 24.3 Å². The molecule has 3 heterocycles. The normalized spacial score (nSPS) is 38.0. The SMILES string of the molecule is COc1ccc2c(c1)C13CCN(CC4CC4)C(C2)C12CCC1C3[C@H](O2)C(=O)N1C(=O)c1ccccc1. The van der Waals surface area contributed by atoms with E-state index in [2.05, 4.69) is 23.1 Å². The van der Waals surface area contributed by atoms with Crippen LogP contribution in [-0.4, -0.2) is 65.6 Å².